The number of nitrogens with zero attached hydrogens (tertiary/aromatic N) is 1. The van der Waals surface area contributed by atoms with Crippen LogP contribution in [0.15, 0.2) is 42.5 Å². The second-order valence-electron chi connectivity index (χ2n) is 6.30. The van der Waals surface area contributed by atoms with Crippen LogP contribution in [-0.2, 0) is 17.9 Å². The first-order valence-electron chi connectivity index (χ1n) is 8.87. The lowest BCUT2D eigenvalue weighted by Gasteiger charge is -2.26. The number of hydrogen-bond donors (Lipinski definition) is 1. The fourth-order valence-corrected chi connectivity index (χ4v) is 3.26. The second kappa shape index (κ2) is 10.1. The maximum atomic E-state index is 6.16. The van der Waals surface area contributed by atoms with Gasteiger partial charge >= 0.3 is 0 Å². The van der Waals surface area contributed by atoms with Gasteiger partial charge in [-0.05, 0) is 29.8 Å². The zero-order valence-electron chi connectivity index (χ0n) is 14.7. The van der Waals surface area contributed by atoms with Crippen molar-refractivity contribution in [2.24, 2.45) is 0 Å². The largest absolute Gasteiger partial charge is 0.489 e. The van der Waals surface area contributed by atoms with E-state index in [1.165, 1.54) is 5.56 Å². The predicted octanol–water partition coefficient (Wildman–Crippen LogP) is 3.99. The Morgan fingerprint density at radius 2 is 1.81 bits per heavy atom. The van der Waals surface area contributed by atoms with Crippen molar-refractivity contribution in [3.05, 3.63) is 63.6 Å². The molecule has 1 aliphatic rings. The number of morpholine rings is 1. The van der Waals surface area contributed by atoms with Gasteiger partial charge < -0.3 is 14.8 Å². The topological polar surface area (TPSA) is 33.7 Å². The summed E-state index contributed by atoms with van der Waals surface area (Å²) in [5, 5.41) is 4.74. The number of ether oxygens (including phenoxy) is 2. The van der Waals surface area contributed by atoms with Crippen LogP contribution in [0.3, 0.4) is 0 Å². The standard InChI is InChI=1S/C20H24Cl2N2O2/c21-18-4-3-17(20(22)13-18)15-26-19-5-1-16(2-6-19)14-23-7-8-24-9-11-25-12-10-24/h1-6,13,23H,7-12,14-15H2. The molecule has 140 valence electrons. The van der Waals surface area contributed by atoms with Crippen molar-refractivity contribution < 1.29 is 9.47 Å². The number of nitrogens with one attached hydrogen (secondary N) is 1. The molecule has 1 heterocycles. The monoisotopic (exact) mass is 394 g/mol. The zero-order chi connectivity index (χ0) is 18.2. The Morgan fingerprint density at radius 1 is 1.04 bits per heavy atom. The molecule has 2 aromatic rings. The maximum absolute atomic E-state index is 6.16. The van der Waals surface area contributed by atoms with Gasteiger partial charge in [0.15, 0.2) is 0 Å². The summed E-state index contributed by atoms with van der Waals surface area (Å²) >= 11 is 12.1. The lowest BCUT2D eigenvalue weighted by Crippen LogP contribution is -2.40. The Labute approximate surface area is 165 Å². The quantitative estimate of drug-likeness (QED) is 0.686. The summed E-state index contributed by atoms with van der Waals surface area (Å²) in [6.07, 6.45) is 0. The summed E-state index contributed by atoms with van der Waals surface area (Å²) < 4.78 is 11.2. The summed E-state index contributed by atoms with van der Waals surface area (Å²) in [5.41, 5.74) is 2.16. The van der Waals surface area contributed by atoms with Gasteiger partial charge in [-0.3, -0.25) is 4.90 Å². The zero-order valence-corrected chi connectivity index (χ0v) is 16.2. The van der Waals surface area contributed by atoms with Crippen molar-refractivity contribution in [1.82, 2.24) is 10.2 Å². The Balaban J connectivity index is 1.38. The maximum Gasteiger partial charge on any atom is 0.119 e. The van der Waals surface area contributed by atoms with Gasteiger partial charge in [0.25, 0.3) is 0 Å². The molecule has 1 saturated heterocycles. The molecule has 1 N–H and O–H groups in total. The Morgan fingerprint density at radius 3 is 2.54 bits per heavy atom. The molecule has 1 fully saturated rings. The summed E-state index contributed by atoms with van der Waals surface area (Å²) in [6.45, 7) is 7.09. The first kappa shape index (κ1) is 19.5. The van der Waals surface area contributed by atoms with E-state index < -0.39 is 0 Å². The highest BCUT2D eigenvalue weighted by atomic mass is 35.5. The van der Waals surface area contributed by atoms with Crippen LogP contribution in [0.1, 0.15) is 11.1 Å². The smallest absolute Gasteiger partial charge is 0.119 e. The van der Waals surface area contributed by atoms with Crippen LogP contribution in [0.25, 0.3) is 0 Å². The van der Waals surface area contributed by atoms with Gasteiger partial charge in [0.1, 0.15) is 12.4 Å². The minimum Gasteiger partial charge on any atom is -0.489 e. The van der Waals surface area contributed by atoms with E-state index >= 15 is 0 Å². The Kier molecular flexibility index (Phi) is 7.59. The summed E-state index contributed by atoms with van der Waals surface area (Å²) in [4.78, 5) is 2.43. The van der Waals surface area contributed by atoms with Crippen LogP contribution in [-0.4, -0.2) is 44.3 Å². The van der Waals surface area contributed by atoms with E-state index in [9.17, 15) is 0 Å². The van der Waals surface area contributed by atoms with Crippen LogP contribution >= 0.6 is 23.2 Å². The van der Waals surface area contributed by atoms with E-state index in [0.29, 0.717) is 16.7 Å². The minimum absolute atomic E-state index is 0.424. The normalized spacial score (nSPS) is 15.2. The number of hydrogen-bond acceptors (Lipinski definition) is 4. The molecule has 0 aliphatic carbocycles. The van der Waals surface area contributed by atoms with E-state index in [1.807, 2.05) is 24.3 Å². The number of halogens is 2. The van der Waals surface area contributed by atoms with E-state index in [2.05, 4.69) is 22.3 Å². The molecule has 0 aromatic heterocycles. The van der Waals surface area contributed by atoms with Crippen molar-refractivity contribution in [2.75, 3.05) is 39.4 Å². The van der Waals surface area contributed by atoms with E-state index in [-0.39, 0.29) is 0 Å². The average molecular weight is 395 g/mol. The molecule has 26 heavy (non-hydrogen) atoms. The van der Waals surface area contributed by atoms with Crippen molar-refractivity contribution in [1.29, 1.82) is 0 Å². The van der Waals surface area contributed by atoms with Crippen LogP contribution < -0.4 is 10.1 Å². The van der Waals surface area contributed by atoms with Gasteiger partial charge in [0, 0.05) is 48.3 Å². The minimum atomic E-state index is 0.424. The lowest BCUT2D eigenvalue weighted by molar-refractivity contribution is 0.0384. The van der Waals surface area contributed by atoms with Gasteiger partial charge in [0.2, 0.25) is 0 Å². The Bertz CT molecular complexity index is 689. The molecule has 0 unspecified atom stereocenters. The van der Waals surface area contributed by atoms with Crippen LogP contribution in [0, 0.1) is 0 Å². The first-order chi connectivity index (χ1) is 12.7. The van der Waals surface area contributed by atoms with E-state index in [4.69, 9.17) is 32.7 Å². The molecule has 0 saturated carbocycles. The van der Waals surface area contributed by atoms with E-state index in [0.717, 1.165) is 57.3 Å². The van der Waals surface area contributed by atoms with Gasteiger partial charge in [0.05, 0.1) is 13.2 Å². The van der Waals surface area contributed by atoms with Crippen molar-refractivity contribution in [3.63, 3.8) is 0 Å². The van der Waals surface area contributed by atoms with Crippen molar-refractivity contribution >= 4 is 23.2 Å². The highest BCUT2D eigenvalue weighted by Gasteiger charge is 2.09. The van der Waals surface area contributed by atoms with Gasteiger partial charge in [-0.1, -0.05) is 41.4 Å². The van der Waals surface area contributed by atoms with Crippen molar-refractivity contribution in [2.45, 2.75) is 13.2 Å². The highest BCUT2D eigenvalue weighted by Crippen LogP contribution is 2.22. The van der Waals surface area contributed by atoms with Crippen LogP contribution in [0.5, 0.6) is 5.75 Å². The molecule has 0 amide bonds. The third-order valence-electron chi connectivity index (χ3n) is 4.37. The number of rotatable bonds is 8. The van der Waals surface area contributed by atoms with Crippen LogP contribution in [0.4, 0.5) is 0 Å². The van der Waals surface area contributed by atoms with E-state index in [1.54, 1.807) is 6.07 Å². The summed E-state index contributed by atoms with van der Waals surface area (Å²) in [6, 6.07) is 13.6. The fraction of sp³-hybridized carbons (Fsp3) is 0.400. The van der Waals surface area contributed by atoms with Gasteiger partial charge in [-0.15, -0.1) is 0 Å². The molecule has 1 aliphatic heterocycles. The van der Waals surface area contributed by atoms with Gasteiger partial charge in [-0.2, -0.15) is 0 Å². The third kappa shape index (κ3) is 6.15. The molecule has 4 nitrogen and oxygen atoms in total. The molecular formula is C20H24Cl2N2O2. The molecule has 0 radical (unpaired) electrons. The Hall–Kier alpha value is -1.30. The second-order valence-corrected chi connectivity index (χ2v) is 7.14. The molecule has 0 atom stereocenters. The molecule has 0 bridgehead atoms. The molecule has 2 aromatic carbocycles. The summed E-state index contributed by atoms with van der Waals surface area (Å²) in [7, 11) is 0. The van der Waals surface area contributed by atoms with Gasteiger partial charge in [-0.25, -0.2) is 0 Å². The number of benzene rings is 2. The van der Waals surface area contributed by atoms with Crippen molar-refractivity contribution in [3.8, 4) is 5.75 Å². The molecule has 0 spiro atoms. The first-order valence-corrected chi connectivity index (χ1v) is 9.63. The molecule has 3 rings (SSSR count). The highest BCUT2D eigenvalue weighted by molar-refractivity contribution is 6.35. The van der Waals surface area contributed by atoms with Crippen LogP contribution in [0.2, 0.25) is 10.0 Å². The predicted molar refractivity (Wildman–Crippen MR) is 106 cm³/mol. The fourth-order valence-electron chi connectivity index (χ4n) is 2.80. The molecular weight excluding hydrogens is 371 g/mol. The molecule has 6 heteroatoms. The SMILES string of the molecule is Clc1ccc(COc2ccc(CNCCN3CCOCC3)cc2)c(Cl)c1. The lowest BCUT2D eigenvalue weighted by atomic mass is 10.2. The summed E-state index contributed by atoms with van der Waals surface area (Å²) in [5.74, 6) is 0.827. The third-order valence-corrected chi connectivity index (χ3v) is 4.96. The average Bonchev–Trinajstić information content (AvgIpc) is 2.66.